The fourth-order valence-corrected chi connectivity index (χ4v) is 3.75. The van der Waals surface area contributed by atoms with E-state index in [4.69, 9.17) is 5.73 Å². The van der Waals surface area contributed by atoms with Gasteiger partial charge < -0.3 is 10.6 Å². The van der Waals surface area contributed by atoms with E-state index in [1.807, 2.05) is 6.92 Å². The molecule has 0 amide bonds. The van der Waals surface area contributed by atoms with Gasteiger partial charge in [-0.2, -0.15) is 5.10 Å². The van der Waals surface area contributed by atoms with E-state index >= 15 is 0 Å². The fraction of sp³-hybridized carbons (Fsp3) is 0.524. The molecule has 2 heterocycles. The molecule has 1 fully saturated rings. The van der Waals surface area contributed by atoms with Gasteiger partial charge in [0.2, 0.25) is 0 Å². The van der Waals surface area contributed by atoms with E-state index in [-0.39, 0.29) is 30.3 Å². The van der Waals surface area contributed by atoms with Crippen LogP contribution in [0.1, 0.15) is 44.2 Å². The molecule has 0 bridgehead atoms. The van der Waals surface area contributed by atoms with Gasteiger partial charge in [-0.3, -0.25) is 4.79 Å². The van der Waals surface area contributed by atoms with Crippen LogP contribution in [0.2, 0.25) is 0 Å². The predicted molar refractivity (Wildman–Crippen MR) is 115 cm³/mol. The summed E-state index contributed by atoms with van der Waals surface area (Å²) in [5, 5.41) is 4.66. The summed E-state index contributed by atoms with van der Waals surface area (Å²) < 4.78 is 15.5. The van der Waals surface area contributed by atoms with E-state index in [9.17, 15) is 9.18 Å². The number of rotatable bonds is 5. The zero-order valence-electron chi connectivity index (χ0n) is 16.9. The molecule has 0 atom stereocenters. The van der Waals surface area contributed by atoms with E-state index in [0.717, 1.165) is 48.4 Å². The Morgan fingerprint density at radius 2 is 1.89 bits per heavy atom. The van der Waals surface area contributed by atoms with Crippen LogP contribution in [0.3, 0.4) is 0 Å². The molecule has 1 saturated heterocycles. The Bertz CT molecular complexity index is 875. The molecule has 5 nitrogen and oxygen atoms in total. The molecule has 0 radical (unpaired) electrons. The van der Waals surface area contributed by atoms with Crippen molar-refractivity contribution in [3.8, 4) is 11.3 Å². The van der Waals surface area contributed by atoms with Crippen LogP contribution >= 0.6 is 12.4 Å². The summed E-state index contributed by atoms with van der Waals surface area (Å²) in [5.41, 5.74) is 9.21. The topological polar surface area (TPSA) is 64.1 Å². The van der Waals surface area contributed by atoms with Crippen LogP contribution in [0, 0.1) is 18.7 Å². The third kappa shape index (κ3) is 4.55. The standard InChI is InChI=1S/C21H29FN4O.ClH/c1-14(2)13-26-21(27)20(25-9-5-4-6-10-25)15(3)19(24-26)16-7-8-18(22)17(11-16)12-23;/h7-8,11,14H,4-6,9-10,12-13,23H2,1-3H3;1H. The lowest BCUT2D eigenvalue weighted by Gasteiger charge is -2.30. The minimum atomic E-state index is -0.314. The monoisotopic (exact) mass is 408 g/mol. The Labute approximate surface area is 172 Å². The maximum Gasteiger partial charge on any atom is 0.290 e. The van der Waals surface area contributed by atoms with Gasteiger partial charge in [0, 0.05) is 42.9 Å². The van der Waals surface area contributed by atoms with Gasteiger partial charge in [0.05, 0.1) is 5.69 Å². The number of aromatic nitrogens is 2. The highest BCUT2D eigenvalue weighted by atomic mass is 35.5. The van der Waals surface area contributed by atoms with Crippen molar-refractivity contribution in [2.75, 3.05) is 18.0 Å². The molecule has 2 aromatic rings. The van der Waals surface area contributed by atoms with Gasteiger partial charge in [-0.25, -0.2) is 9.07 Å². The number of benzene rings is 1. The highest BCUT2D eigenvalue weighted by molar-refractivity contribution is 5.85. The molecule has 7 heteroatoms. The van der Waals surface area contributed by atoms with Gasteiger partial charge in [-0.1, -0.05) is 13.8 Å². The van der Waals surface area contributed by atoms with E-state index in [1.54, 1.807) is 16.8 Å². The number of piperidine rings is 1. The van der Waals surface area contributed by atoms with Crippen molar-refractivity contribution in [3.05, 3.63) is 45.5 Å². The van der Waals surface area contributed by atoms with Gasteiger partial charge in [-0.05, 0) is 50.3 Å². The number of halogens is 2. The molecule has 3 rings (SSSR count). The Morgan fingerprint density at radius 3 is 2.50 bits per heavy atom. The normalized spacial score (nSPS) is 14.3. The molecule has 1 aromatic carbocycles. The van der Waals surface area contributed by atoms with E-state index in [0.29, 0.717) is 18.0 Å². The van der Waals surface area contributed by atoms with Crippen LogP contribution in [0.5, 0.6) is 0 Å². The Balaban J connectivity index is 0.00000280. The average Bonchev–Trinajstić information content (AvgIpc) is 2.65. The van der Waals surface area contributed by atoms with Crippen LogP contribution in [0.15, 0.2) is 23.0 Å². The second kappa shape index (κ2) is 9.52. The van der Waals surface area contributed by atoms with Crippen molar-refractivity contribution in [3.63, 3.8) is 0 Å². The SMILES string of the molecule is Cc1c(-c2ccc(F)c(CN)c2)nn(CC(C)C)c(=O)c1N1CCCCC1.Cl. The number of hydrogen-bond donors (Lipinski definition) is 1. The summed E-state index contributed by atoms with van der Waals surface area (Å²) in [4.78, 5) is 15.4. The second-order valence-electron chi connectivity index (χ2n) is 7.76. The fourth-order valence-electron chi connectivity index (χ4n) is 3.75. The molecule has 0 saturated carbocycles. The number of anilines is 1. The largest absolute Gasteiger partial charge is 0.367 e. The van der Waals surface area contributed by atoms with Crippen molar-refractivity contribution in [2.45, 2.75) is 53.1 Å². The molecule has 28 heavy (non-hydrogen) atoms. The van der Waals surface area contributed by atoms with Crippen LogP contribution in [-0.2, 0) is 13.1 Å². The summed E-state index contributed by atoms with van der Waals surface area (Å²) in [6.45, 7) is 8.54. The van der Waals surface area contributed by atoms with Gasteiger partial charge in [0.25, 0.3) is 5.56 Å². The Morgan fingerprint density at radius 1 is 1.21 bits per heavy atom. The molecule has 0 aliphatic carbocycles. The van der Waals surface area contributed by atoms with Crippen LogP contribution in [-0.4, -0.2) is 22.9 Å². The van der Waals surface area contributed by atoms with Crippen LogP contribution in [0.25, 0.3) is 11.3 Å². The molecule has 2 N–H and O–H groups in total. The van der Waals surface area contributed by atoms with Crippen LogP contribution < -0.4 is 16.2 Å². The molecule has 1 aliphatic heterocycles. The lowest BCUT2D eigenvalue weighted by Crippen LogP contribution is -2.38. The van der Waals surface area contributed by atoms with E-state index in [1.165, 1.54) is 12.5 Å². The highest BCUT2D eigenvalue weighted by Crippen LogP contribution is 2.29. The number of hydrogen-bond acceptors (Lipinski definition) is 4. The smallest absolute Gasteiger partial charge is 0.290 e. The van der Waals surface area contributed by atoms with Crippen molar-refractivity contribution in [1.29, 1.82) is 0 Å². The molecule has 1 aromatic heterocycles. The van der Waals surface area contributed by atoms with Gasteiger partial charge in [-0.15, -0.1) is 12.4 Å². The third-order valence-corrected chi connectivity index (χ3v) is 5.12. The maximum atomic E-state index is 13.9. The van der Waals surface area contributed by atoms with Crippen molar-refractivity contribution in [2.24, 2.45) is 11.7 Å². The van der Waals surface area contributed by atoms with E-state index in [2.05, 4.69) is 23.8 Å². The van der Waals surface area contributed by atoms with Crippen molar-refractivity contribution in [1.82, 2.24) is 9.78 Å². The van der Waals surface area contributed by atoms with Gasteiger partial charge in [0.15, 0.2) is 0 Å². The zero-order chi connectivity index (χ0) is 19.6. The van der Waals surface area contributed by atoms with Gasteiger partial charge in [0.1, 0.15) is 11.5 Å². The summed E-state index contributed by atoms with van der Waals surface area (Å²) >= 11 is 0. The molecule has 1 aliphatic rings. The van der Waals surface area contributed by atoms with Crippen molar-refractivity contribution < 1.29 is 4.39 Å². The quantitative estimate of drug-likeness (QED) is 0.815. The summed E-state index contributed by atoms with van der Waals surface area (Å²) in [5.74, 6) is -0.0153. The highest BCUT2D eigenvalue weighted by Gasteiger charge is 2.22. The lowest BCUT2D eigenvalue weighted by molar-refractivity contribution is 0.462. The molecule has 0 unspecified atom stereocenters. The number of nitrogens with zero attached hydrogens (tertiary/aromatic N) is 3. The van der Waals surface area contributed by atoms with E-state index < -0.39 is 0 Å². The Hall–Kier alpha value is -1.92. The third-order valence-electron chi connectivity index (χ3n) is 5.12. The molecular weight excluding hydrogens is 379 g/mol. The van der Waals surface area contributed by atoms with Crippen LogP contribution in [0.4, 0.5) is 10.1 Å². The summed E-state index contributed by atoms with van der Waals surface area (Å²) in [6.07, 6.45) is 3.38. The minimum Gasteiger partial charge on any atom is -0.367 e. The first kappa shape index (κ1) is 22.4. The lowest BCUT2D eigenvalue weighted by atomic mass is 10.0. The minimum absolute atomic E-state index is 0. The molecule has 0 spiro atoms. The molecular formula is C21H30ClFN4O. The second-order valence-corrected chi connectivity index (χ2v) is 7.76. The first-order valence-electron chi connectivity index (χ1n) is 9.78. The number of nitrogens with two attached hydrogens (primary N) is 1. The molecule has 154 valence electrons. The van der Waals surface area contributed by atoms with Gasteiger partial charge >= 0.3 is 0 Å². The average molecular weight is 409 g/mol. The first-order valence-corrected chi connectivity index (χ1v) is 9.78. The van der Waals surface area contributed by atoms with Crippen molar-refractivity contribution >= 4 is 18.1 Å². The summed E-state index contributed by atoms with van der Waals surface area (Å²) in [7, 11) is 0. The maximum absolute atomic E-state index is 13.9. The zero-order valence-corrected chi connectivity index (χ0v) is 17.7. The first-order chi connectivity index (χ1) is 12.9. The summed E-state index contributed by atoms with van der Waals surface area (Å²) in [6, 6.07) is 4.89. The predicted octanol–water partition coefficient (Wildman–Crippen LogP) is 3.88. The Kier molecular flexibility index (Phi) is 7.61.